The van der Waals surface area contributed by atoms with Gasteiger partial charge in [-0.15, -0.1) is 0 Å². The number of esters is 1. The molecule has 1 heterocycles. The average Bonchev–Trinajstić information content (AvgIpc) is 2.97. The third kappa shape index (κ3) is 4.59. The van der Waals surface area contributed by atoms with E-state index in [1.807, 2.05) is 39.0 Å². The number of ether oxygens (including phenoxy) is 1. The predicted molar refractivity (Wildman–Crippen MR) is 98.2 cm³/mol. The first-order valence-corrected chi connectivity index (χ1v) is 8.40. The normalized spacial score (nSPS) is 11.7. The molecule has 1 N–H and O–H groups in total. The first-order valence-electron chi connectivity index (χ1n) is 8.40. The maximum absolute atomic E-state index is 12.1. The van der Waals surface area contributed by atoms with Crippen LogP contribution in [0, 0.1) is 13.8 Å². The maximum Gasteiger partial charge on any atom is 0.355 e. The molecule has 0 saturated heterocycles. The van der Waals surface area contributed by atoms with Gasteiger partial charge in [0.1, 0.15) is 5.69 Å². The summed E-state index contributed by atoms with van der Waals surface area (Å²) < 4.78 is 6.57. The topological polar surface area (TPSA) is 77.4 Å². The van der Waals surface area contributed by atoms with Crippen LogP contribution in [0.15, 0.2) is 30.5 Å². The second kappa shape index (κ2) is 7.99. The quantitative estimate of drug-likeness (QED) is 0.638. The van der Waals surface area contributed by atoms with E-state index in [-0.39, 0.29) is 30.0 Å². The molecule has 0 bridgehead atoms. The lowest BCUT2D eigenvalue weighted by Crippen LogP contribution is -2.31. The fourth-order valence-electron chi connectivity index (χ4n) is 2.57. The van der Waals surface area contributed by atoms with E-state index in [4.69, 9.17) is 4.74 Å². The molecule has 0 aliphatic carbocycles. The Bertz CT molecular complexity index is 851. The third-order valence-electron chi connectivity index (χ3n) is 4.36. The Labute approximate surface area is 153 Å². The van der Waals surface area contributed by atoms with E-state index in [1.54, 1.807) is 13.2 Å². The number of carbonyl (C=O) groups is 3. The molecule has 1 atom stereocenters. The van der Waals surface area contributed by atoms with Gasteiger partial charge in [-0.05, 0) is 50.5 Å². The van der Waals surface area contributed by atoms with E-state index in [2.05, 4.69) is 5.32 Å². The fourth-order valence-corrected chi connectivity index (χ4v) is 2.57. The molecule has 2 aromatic rings. The maximum atomic E-state index is 12.1. The van der Waals surface area contributed by atoms with Gasteiger partial charge in [0.2, 0.25) is 0 Å². The Morgan fingerprint density at radius 2 is 1.85 bits per heavy atom. The molecule has 0 fully saturated rings. The number of aromatic nitrogens is 1. The van der Waals surface area contributed by atoms with E-state index in [9.17, 15) is 14.4 Å². The van der Waals surface area contributed by atoms with Gasteiger partial charge in [0.25, 0.3) is 5.91 Å². The number of rotatable bonds is 6. The van der Waals surface area contributed by atoms with Crippen molar-refractivity contribution in [1.29, 1.82) is 0 Å². The van der Waals surface area contributed by atoms with E-state index in [0.717, 1.165) is 11.1 Å². The third-order valence-corrected chi connectivity index (χ3v) is 4.36. The molecule has 0 aliphatic heterocycles. The van der Waals surface area contributed by atoms with Crippen LogP contribution in [0.2, 0.25) is 0 Å². The number of carbonyl (C=O) groups excluding carboxylic acids is 3. The number of amides is 1. The molecule has 6 nitrogen and oxygen atoms in total. The summed E-state index contributed by atoms with van der Waals surface area (Å²) >= 11 is 0. The number of hydrogen-bond acceptors (Lipinski definition) is 4. The highest BCUT2D eigenvalue weighted by Gasteiger charge is 2.17. The summed E-state index contributed by atoms with van der Waals surface area (Å²) in [5.74, 6) is -1.17. The Balaban J connectivity index is 1.92. The summed E-state index contributed by atoms with van der Waals surface area (Å²) in [5, 5.41) is 2.81. The molecule has 26 heavy (non-hydrogen) atoms. The first-order chi connectivity index (χ1) is 12.2. The number of hydrogen-bond donors (Lipinski definition) is 1. The van der Waals surface area contributed by atoms with E-state index in [0.29, 0.717) is 5.56 Å². The molecule has 1 aromatic carbocycles. The second-order valence-corrected chi connectivity index (χ2v) is 6.49. The van der Waals surface area contributed by atoms with Crippen molar-refractivity contribution < 1.29 is 19.1 Å². The van der Waals surface area contributed by atoms with Gasteiger partial charge < -0.3 is 14.6 Å². The number of aryl methyl sites for hydroxylation is 3. The minimum absolute atomic E-state index is 0.139. The molecular weight excluding hydrogens is 332 g/mol. The fraction of sp³-hybridized carbons (Fsp3) is 0.350. The van der Waals surface area contributed by atoms with Crippen molar-refractivity contribution in [2.75, 3.05) is 6.61 Å². The Hall–Kier alpha value is -2.89. The predicted octanol–water partition coefficient (Wildman–Crippen LogP) is 2.88. The number of Topliss-reactive ketones (excluding diaryl/α,β-unsaturated/α-hetero) is 1. The Morgan fingerprint density at radius 3 is 2.42 bits per heavy atom. The van der Waals surface area contributed by atoms with Gasteiger partial charge in [0, 0.05) is 18.8 Å². The van der Waals surface area contributed by atoms with E-state index >= 15 is 0 Å². The van der Waals surface area contributed by atoms with Gasteiger partial charge in [-0.25, -0.2) is 4.79 Å². The van der Waals surface area contributed by atoms with Crippen LogP contribution in [0.3, 0.4) is 0 Å². The lowest BCUT2D eigenvalue weighted by Gasteiger charge is -2.15. The van der Waals surface area contributed by atoms with Crippen molar-refractivity contribution >= 4 is 17.7 Å². The summed E-state index contributed by atoms with van der Waals surface area (Å²) in [7, 11) is 1.64. The zero-order valence-electron chi connectivity index (χ0n) is 15.8. The van der Waals surface area contributed by atoms with Gasteiger partial charge in [-0.2, -0.15) is 0 Å². The number of nitrogens with one attached hydrogen (secondary N) is 1. The smallest absolute Gasteiger partial charge is 0.355 e. The monoisotopic (exact) mass is 356 g/mol. The Morgan fingerprint density at radius 1 is 1.15 bits per heavy atom. The summed E-state index contributed by atoms with van der Waals surface area (Å²) in [6.45, 7) is 6.97. The van der Waals surface area contributed by atoms with Gasteiger partial charge in [0.05, 0.1) is 6.04 Å². The molecule has 138 valence electrons. The van der Waals surface area contributed by atoms with Crippen molar-refractivity contribution in [3.05, 3.63) is 58.4 Å². The van der Waals surface area contributed by atoms with Crippen LogP contribution >= 0.6 is 0 Å². The lowest BCUT2D eigenvalue weighted by molar-refractivity contribution is -0.124. The zero-order valence-corrected chi connectivity index (χ0v) is 15.8. The van der Waals surface area contributed by atoms with Gasteiger partial charge in [0.15, 0.2) is 12.4 Å². The Kier molecular flexibility index (Phi) is 5.97. The molecular formula is C20H24N2O4. The SMILES string of the molecule is CC(=O)c1cc(C(=O)OCC(=O)N[C@H](C)c2ccc(C)c(C)c2)n(C)c1. The number of benzene rings is 1. The lowest BCUT2D eigenvalue weighted by atomic mass is 10.0. The average molecular weight is 356 g/mol. The minimum Gasteiger partial charge on any atom is -0.451 e. The summed E-state index contributed by atoms with van der Waals surface area (Å²) in [6.07, 6.45) is 1.56. The first kappa shape index (κ1) is 19.4. The number of ketones is 1. The number of nitrogens with zero attached hydrogens (tertiary/aromatic N) is 1. The molecule has 1 amide bonds. The summed E-state index contributed by atoms with van der Waals surface area (Å²) in [5.41, 5.74) is 3.98. The molecule has 0 aliphatic rings. The van der Waals surface area contributed by atoms with Crippen molar-refractivity contribution in [1.82, 2.24) is 9.88 Å². The van der Waals surface area contributed by atoms with E-state index < -0.39 is 5.97 Å². The van der Waals surface area contributed by atoms with Crippen LogP contribution < -0.4 is 5.32 Å². The van der Waals surface area contributed by atoms with Crippen molar-refractivity contribution in [2.24, 2.45) is 7.05 Å². The molecule has 0 unspecified atom stereocenters. The van der Waals surface area contributed by atoms with Gasteiger partial charge >= 0.3 is 5.97 Å². The van der Waals surface area contributed by atoms with Crippen LogP contribution in [-0.2, 0) is 16.6 Å². The van der Waals surface area contributed by atoms with Crippen LogP contribution in [0.5, 0.6) is 0 Å². The van der Waals surface area contributed by atoms with Crippen LogP contribution in [-0.4, -0.2) is 28.8 Å². The van der Waals surface area contributed by atoms with Crippen molar-refractivity contribution in [3.8, 4) is 0 Å². The largest absolute Gasteiger partial charge is 0.451 e. The van der Waals surface area contributed by atoms with Crippen LogP contribution in [0.1, 0.15) is 57.4 Å². The molecule has 0 saturated carbocycles. The van der Waals surface area contributed by atoms with Crippen LogP contribution in [0.4, 0.5) is 0 Å². The van der Waals surface area contributed by atoms with Crippen molar-refractivity contribution in [3.63, 3.8) is 0 Å². The second-order valence-electron chi connectivity index (χ2n) is 6.49. The van der Waals surface area contributed by atoms with E-state index in [1.165, 1.54) is 23.1 Å². The zero-order chi connectivity index (χ0) is 19.4. The molecule has 2 rings (SSSR count). The highest BCUT2D eigenvalue weighted by molar-refractivity contribution is 5.98. The molecule has 1 aromatic heterocycles. The molecule has 6 heteroatoms. The summed E-state index contributed by atoms with van der Waals surface area (Å²) in [6, 6.07) is 7.27. The highest BCUT2D eigenvalue weighted by atomic mass is 16.5. The van der Waals surface area contributed by atoms with Gasteiger partial charge in [-0.3, -0.25) is 9.59 Å². The minimum atomic E-state index is -0.644. The van der Waals surface area contributed by atoms with Crippen LogP contribution in [0.25, 0.3) is 0 Å². The summed E-state index contributed by atoms with van der Waals surface area (Å²) in [4.78, 5) is 35.5. The molecule has 0 spiro atoms. The highest BCUT2D eigenvalue weighted by Crippen LogP contribution is 2.16. The van der Waals surface area contributed by atoms with Gasteiger partial charge in [-0.1, -0.05) is 18.2 Å². The molecule has 0 radical (unpaired) electrons. The standard InChI is InChI=1S/C20H24N2O4/c1-12-6-7-16(8-13(12)2)14(3)21-19(24)11-26-20(25)18-9-17(15(4)23)10-22(18)5/h6-10,14H,11H2,1-5H3,(H,21,24)/t14-/m1/s1. The van der Waals surface area contributed by atoms with Crippen molar-refractivity contribution in [2.45, 2.75) is 33.7 Å².